The Kier molecular flexibility index (Phi) is 2.93. The minimum atomic E-state index is 0.437. The van der Waals surface area contributed by atoms with Crippen LogP contribution in [0, 0.1) is 0 Å². The SMILES string of the molecule is CC(C)c1cc2ccn(-c3cc4ccccc4cn3)c2cn1. The van der Waals surface area contributed by atoms with Gasteiger partial charge in [-0.15, -0.1) is 0 Å². The Labute approximate surface area is 129 Å². The quantitative estimate of drug-likeness (QED) is 0.535. The first-order chi connectivity index (χ1) is 10.7. The van der Waals surface area contributed by atoms with Gasteiger partial charge in [0.2, 0.25) is 0 Å². The predicted molar refractivity (Wildman–Crippen MR) is 90.5 cm³/mol. The van der Waals surface area contributed by atoms with Crippen LogP contribution in [0.5, 0.6) is 0 Å². The first-order valence-electron chi connectivity index (χ1n) is 7.54. The van der Waals surface area contributed by atoms with Crippen LogP contribution >= 0.6 is 0 Å². The molecule has 0 unspecified atom stereocenters. The number of benzene rings is 1. The first kappa shape index (κ1) is 13.0. The van der Waals surface area contributed by atoms with E-state index in [-0.39, 0.29) is 0 Å². The molecule has 0 radical (unpaired) electrons. The van der Waals surface area contributed by atoms with E-state index in [4.69, 9.17) is 0 Å². The van der Waals surface area contributed by atoms with Crippen molar-refractivity contribution in [2.75, 3.05) is 0 Å². The van der Waals surface area contributed by atoms with Crippen molar-refractivity contribution in [3.63, 3.8) is 0 Å². The Morgan fingerprint density at radius 1 is 0.864 bits per heavy atom. The van der Waals surface area contributed by atoms with Crippen molar-refractivity contribution >= 4 is 21.7 Å². The summed E-state index contributed by atoms with van der Waals surface area (Å²) in [6.07, 6.45) is 5.93. The van der Waals surface area contributed by atoms with Gasteiger partial charge in [-0.2, -0.15) is 0 Å². The molecule has 3 nitrogen and oxygen atoms in total. The van der Waals surface area contributed by atoms with Gasteiger partial charge in [0.1, 0.15) is 5.82 Å². The molecule has 0 aliphatic carbocycles. The smallest absolute Gasteiger partial charge is 0.137 e. The fraction of sp³-hybridized carbons (Fsp3) is 0.158. The molecule has 0 fully saturated rings. The topological polar surface area (TPSA) is 30.7 Å². The zero-order valence-corrected chi connectivity index (χ0v) is 12.7. The lowest BCUT2D eigenvalue weighted by Crippen LogP contribution is -1.97. The highest BCUT2D eigenvalue weighted by molar-refractivity contribution is 5.85. The van der Waals surface area contributed by atoms with E-state index in [1.807, 2.05) is 18.5 Å². The number of pyridine rings is 2. The molecule has 0 atom stereocenters. The van der Waals surface area contributed by atoms with E-state index in [9.17, 15) is 0 Å². The number of aromatic nitrogens is 3. The second kappa shape index (κ2) is 4.95. The second-order valence-electron chi connectivity index (χ2n) is 5.90. The van der Waals surface area contributed by atoms with Crippen LogP contribution in [0.15, 0.2) is 61.1 Å². The molecule has 4 aromatic rings. The number of rotatable bonds is 2. The van der Waals surface area contributed by atoms with Gasteiger partial charge in [0, 0.05) is 28.9 Å². The average Bonchev–Trinajstić information content (AvgIpc) is 2.97. The summed E-state index contributed by atoms with van der Waals surface area (Å²) in [4.78, 5) is 9.17. The van der Waals surface area contributed by atoms with E-state index in [0.29, 0.717) is 5.92 Å². The molecule has 3 heteroatoms. The maximum atomic E-state index is 4.59. The molecule has 3 aromatic heterocycles. The van der Waals surface area contributed by atoms with Gasteiger partial charge in [-0.05, 0) is 29.5 Å². The molecular formula is C19H17N3. The molecule has 4 rings (SSSR count). The van der Waals surface area contributed by atoms with Gasteiger partial charge < -0.3 is 0 Å². The van der Waals surface area contributed by atoms with E-state index in [0.717, 1.165) is 22.4 Å². The van der Waals surface area contributed by atoms with Crippen molar-refractivity contribution < 1.29 is 0 Å². The molecule has 3 heterocycles. The van der Waals surface area contributed by atoms with Crippen LogP contribution in [0.2, 0.25) is 0 Å². The normalized spacial score (nSPS) is 11.6. The third-order valence-electron chi connectivity index (χ3n) is 4.05. The van der Waals surface area contributed by atoms with Gasteiger partial charge in [0.25, 0.3) is 0 Å². The van der Waals surface area contributed by atoms with Gasteiger partial charge in [0.15, 0.2) is 0 Å². The summed E-state index contributed by atoms with van der Waals surface area (Å²) in [6.45, 7) is 4.33. The van der Waals surface area contributed by atoms with Gasteiger partial charge in [-0.25, -0.2) is 4.98 Å². The minimum Gasteiger partial charge on any atom is -0.300 e. The van der Waals surface area contributed by atoms with Crippen LogP contribution in [-0.2, 0) is 0 Å². The third-order valence-corrected chi connectivity index (χ3v) is 4.05. The molecule has 0 N–H and O–H groups in total. The summed E-state index contributed by atoms with van der Waals surface area (Å²) in [5.41, 5.74) is 2.21. The van der Waals surface area contributed by atoms with Gasteiger partial charge in [-0.3, -0.25) is 9.55 Å². The van der Waals surface area contributed by atoms with Gasteiger partial charge in [0.05, 0.1) is 11.7 Å². The molecule has 0 spiro atoms. The van der Waals surface area contributed by atoms with Crippen LogP contribution in [0.4, 0.5) is 0 Å². The molecule has 0 aliphatic rings. The van der Waals surface area contributed by atoms with Crippen molar-refractivity contribution in [1.29, 1.82) is 0 Å². The summed E-state index contributed by atoms with van der Waals surface area (Å²) < 4.78 is 2.10. The van der Waals surface area contributed by atoms with Crippen molar-refractivity contribution in [3.05, 3.63) is 66.7 Å². The molecule has 0 amide bonds. The third kappa shape index (κ3) is 2.06. The maximum Gasteiger partial charge on any atom is 0.137 e. The van der Waals surface area contributed by atoms with Crippen LogP contribution in [0.25, 0.3) is 27.5 Å². The zero-order valence-electron chi connectivity index (χ0n) is 12.7. The fourth-order valence-electron chi connectivity index (χ4n) is 2.77. The summed E-state index contributed by atoms with van der Waals surface area (Å²) in [7, 11) is 0. The largest absolute Gasteiger partial charge is 0.300 e. The van der Waals surface area contributed by atoms with E-state index < -0.39 is 0 Å². The minimum absolute atomic E-state index is 0.437. The van der Waals surface area contributed by atoms with Crippen molar-refractivity contribution in [3.8, 4) is 5.82 Å². The standard InChI is InChI=1S/C19H17N3/c1-13(2)17-9-15-7-8-22(18(15)12-20-17)19-10-14-5-3-4-6-16(14)11-21-19/h3-13H,1-2H3. The van der Waals surface area contributed by atoms with Crippen LogP contribution in [-0.4, -0.2) is 14.5 Å². The Morgan fingerprint density at radius 2 is 1.68 bits per heavy atom. The lowest BCUT2D eigenvalue weighted by molar-refractivity contribution is 0.825. The lowest BCUT2D eigenvalue weighted by Gasteiger charge is -2.07. The monoisotopic (exact) mass is 287 g/mol. The predicted octanol–water partition coefficient (Wildman–Crippen LogP) is 4.70. The van der Waals surface area contributed by atoms with Crippen LogP contribution in [0.1, 0.15) is 25.5 Å². The molecule has 108 valence electrons. The van der Waals surface area contributed by atoms with Crippen molar-refractivity contribution in [1.82, 2.24) is 14.5 Å². The second-order valence-corrected chi connectivity index (χ2v) is 5.90. The molecule has 1 aromatic carbocycles. The Bertz CT molecular complexity index is 967. The molecule has 0 saturated heterocycles. The summed E-state index contributed by atoms with van der Waals surface area (Å²) in [6, 6.07) is 14.7. The van der Waals surface area contributed by atoms with E-state index in [1.165, 1.54) is 10.8 Å². The van der Waals surface area contributed by atoms with Gasteiger partial charge >= 0.3 is 0 Å². The summed E-state index contributed by atoms with van der Waals surface area (Å²) in [5.74, 6) is 1.36. The summed E-state index contributed by atoms with van der Waals surface area (Å²) in [5, 5.41) is 3.55. The van der Waals surface area contributed by atoms with Crippen LogP contribution in [0.3, 0.4) is 0 Å². The number of fused-ring (bicyclic) bond motifs is 2. The number of nitrogens with zero attached hydrogens (tertiary/aromatic N) is 3. The summed E-state index contributed by atoms with van der Waals surface area (Å²) >= 11 is 0. The van der Waals surface area contributed by atoms with Crippen LogP contribution < -0.4 is 0 Å². The highest BCUT2D eigenvalue weighted by Crippen LogP contribution is 2.23. The molecule has 22 heavy (non-hydrogen) atoms. The zero-order chi connectivity index (χ0) is 15.1. The van der Waals surface area contributed by atoms with E-state index >= 15 is 0 Å². The maximum absolute atomic E-state index is 4.59. The van der Waals surface area contributed by atoms with E-state index in [1.54, 1.807) is 0 Å². The van der Waals surface area contributed by atoms with Gasteiger partial charge in [-0.1, -0.05) is 38.1 Å². The average molecular weight is 287 g/mol. The molecule has 0 aliphatic heterocycles. The molecule has 0 bridgehead atoms. The highest BCUT2D eigenvalue weighted by Gasteiger charge is 2.08. The lowest BCUT2D eigenvalue weighted by atomic mass is 10.1. The fourth-order valence-corrected chi connectivity index (χ4v) is 2.77. The van der Waals surface area contributed by atoms with Crippen molar-refractivity contribution in [2.45, 2.75) is 19.8 Å². The molecule has 0 saturated carbocycles. The highest BCUT2D eigenvalue weighted by atomic mass is 15.1. The Balaban J connectivity index is 1.88. The Morgan fingerprint density at radius 3 is 2.50 bits per heavy atom. The number of hydrogen-bond donors (Lipinski definition) is 0. The van der Waals surface area contributed by atoms with E-state index in [2.05, 4.69) is 71.0 Å². The number of hydrogen-bond acceptors (Lipinski definition) is 2. The Hall–Kier alpha value is -2.68. The van der Waals surface area contributed by atoms with Crippen molar-refractivity contribution in [2.24, 2.45) is 0 Å². The first-order valence-corrected chi connectivity index (χ1v) is 7.54. The molecular weight excluding hydrogens is 270 g/mol.